The van der Waals surface area contributed by atoms with Crippen LogP contribution in [0, 0.1) is 13.8 Å². The molecule has 5 heteroatoms. The largest absolute Gasteiger partial charge is 0.306 e. The summed E-state index contributed by atoms with van der Waals surface area (Å²) in [6.07, 6.45) is 4.57. The van der Waals surface area contributed by atoms with Gasteiger partial charge in [-0.15, -0.1) is 11.3 Å². The Morgan fingerprint density at radius 3 is 2.80 bits per heavy atom. The van der Waals surface area contributed by atoms with Gasteiger partial charge in [-0.05, 0) is 37.1 Å². The second kappa shape index (κ2) is 6.26. The van der Waals surface area contributed by atoms with Crippen molar-refractivity contribution in [2.75, 3.05) is 5.32 Å². The molecule has 1 amide bonds. The van der Waals surface area contributed by atoms with Gasteiger partial charge in [0.2, 0.25) is 0 Å². The van der Waals surface area contributed by atoms with E-state index >= 15 is 0 Å². The topological polar surface area (TPSA) is 54.9 Å². The number of aromatic nitrogens is 2. The number of carbonyl (C=O) groups excluding carboxylic acids is 1. The Morgan fingerprint density at radius 1 is 1.20 bits per heavy atom. The molecule has 2 aromatic heterocycles. The zero-order valence-electron chi connectivity index (χ0n) is 14.0. The van der Waals surface area contributed by atoms with Crippen LogP contribution >= 0.6 is 11.3 Å². The third-order valence-electron chi connectivity index (χ3n) is 4.18. The Kier molecular flexibility index (Phi) is 3.93. The van der Waals surface area contributed by atoms with E-state index in [2.05, 4.69) is 52.5 Å². The van der Waals surface area contributed by atoms with E-state index in [0.717, 1.165) is 16.9 Å². The summed E-state index contributed by atoms with van der Waals surface area (Å²) in [7, 11) is 0. The molecule has 0 aliphatic carbocycles. The molecule has 0 fully saturated rings. The molecule has 0 saturated heterocycles. The summed E-state index contributed by atoms with van der Waals surface area (Å²) in [5.41, 5.74) is 3.87. The van der Waals surface area contributed by atoms with Gasteiger partial charge < -0.3 is 5.32 Å². The molecular formula is C20H17N3OS. The fourth-order valence-corrected chi connectivity index (χ4v) is 4.08. The number of aryl methyl sites for hydroxylation is 2. The minimum atomic E-state index is -0.118. The third kappa shape index (κ3) is 3.10. The first kappa shape index (κ1) is 15.7. The maximum atomic E-state index is 12.3. The lowest BCUT2D eigenvalue weighted by molar-refractivity contribution is -0.110. The van der Waals surface area contributed by atoms with E-state index in [1.165, 1.54) is 16.0 Å². The van der Waals surface area contributed by atoms with Crippen molar-refractivity contribution in [2.45, 2.75) is 20.3 Å². The average molecular weight is 347 g/mol. The van der Waals surface area contributed by atoms with Crippen LogP contribution in [0.5, 0.6) is 0 Å². The molecule has 25 heavy (non-hydrogen) atoms. The van der Waals surface area contributed by atoms with Crippen molar-refractivity contribution in [1.82, 2.24) is 9.97 Å². The molecule has 0 radical (unpaired) electrons. The van der Waals surface area contributed by atoms with Crippen molar-refractivity contribution >= 4 is 34.7 Å². The van der Waals surface area contributed by atoms with Gasteiger partial charge in [-0.3, -0.25) is 4.79 Å². The lowest BCUT2D eigenvalue weighted by Crippen LogP contribution is -2.04. The lowest BCUT2D eigenvalue weighted by atomic mass is 10.1. The first-order valence-corrected chi connectivity index (χ1v) is 8.92. The van der Waals surface area contributed by atoms with Crippen LogP contribution in [0.3, 0.4) is 0 Å². The van der Waals surface area contributed by atoms with Crippen molar-refractivity contribution in [3.8, 4) is 0 Å². The summed E-state index contributed by atoms with van der Waals surface area (Å²) in [6.45, 7) is 3.89. The van der Waals surface area contributed by atoms with Crippen molar-refractivity contribution in [3.63, 3.8) is 0 Å². The monoisotopic (exact) mass is 347 g/mol. The van der Waals surface area contributed by atoms with Gasteiger partial charge in [-0.25, -0.2) is 9.97 Å². The molecule has 3 aromatic rings. The molecule has 124 valence electrons. The summed E-state index contributed by atoms with van der Waals surface area (Å²) in [5.74, 6) is 1.13. The number of fused-ring (bicyclic) bond motifs is 1. The SMILES string of the molecule is Cc1ncc2c(n1)NC(=O)C2=Cc1sc(Cc2ccccc2)cc1C. The molecule has 1 aromatic carbocycles. The van der Waals surface area contributed by atoms with Crippen molar-refractivity contribution < 1.29 is 4.79 Å². The molecule has 4 nitrogen and oxygen atoms in total. The van der Waals surface area contributed by atoms with E-state index in [-0.39, 0.29) is 5.91 Å². The summed E-state index contributed by atoms with van der Waals surface area (Å²) < 4.78 is 0. The first-order valence-electron chi connectivity index (χ1n) is 8.10. The molecule has 4 rings (SSSR count). The molecule has 0 atom stereocenters. The van der Waals surface area contributed by atoms with Crippen LogP contribution in [-0.4, -0.2) is 15.9 Å². The van der Waals surface area contributed by atoms with Gasteiger partial charge >= 0.3 is 0 Å². The molecule has 1 aliphatic rings. The number of hydrogen-bond acceptors (Lipinski definition) is 4. The predicted octanol–water partition coefficient (Wildman–Crippen LogP) is 4.24. The molecule has 0 spiro atoms. The second-order valence-electron chi connectivity index (χ2n) is 6.11. The van der Waals surface area contributed by atoms with Gasteiger partial charge in [0.1, 0.15) is 11.6 Å². The van der Waals surface area contributed by atoms with Crippen LogP contribution in [-0.2, 0) is 11.2 Å². The molecule has 0 bridgehead atoms. The summed E-state index contributed by atoms with van der Waals surface area (Å²) in [6, 6.07) is 12.6. The standard InChI is InChI=1S/C20H17N3OS/c1-12-8-15(9-14-6-4-3-5-7-14)25-18(12)10-16-17-11-21-13(2)22-19(17)23-20(16)24/h3-8,10-11H,9H2,1-2H3,(H,21,22,23,24). The second-order valence-corrected chi connectivity index (χ2v) is 7.28. The smallest absolute Gasteiger partial charge is 0.257 e. The average Bonchev–Trinajstić information content (AvgIpc) is 3.08. The van der Waals surface area contributed by atoms with Gasteiger partial charge in [0.05, 0.1) is 5.57 Å². The van der Waals surface area contributed by atoms with Crippen LogP contribution in [0.15, 0.2) is 42.6 Å². The maximum absolute atomic E-state index is 12.3. The highest BCUT2D eigenvalue weighted by Gasteiger charge is 2.26. The number of benzene rings is 1. The van der Waals surface area contributed by atoms with E-state index in [1.54, 1.807) is 17.5 Å². The van der Waals surface area contributed by atoms with Crippen LogP contribution in [0.25, 0.3) is 11.6 Å². The fourth-order valence-electron chi connectivity index (χ4n) is 2.93. The van der Waals surface area contributed by atoms with E-state index in [1.807, 2.05) is 19.1 Å². The Labute approximate surface area is 150 Å². The predicted molar refractivity (Wildman–Crippen MR) is 102 cm³/mol. The lowest BCUT2D eigenvalue weighted by Gasteiger charge is -1.98. The molecule has 1 N–H and O–H groups in total. The number of amides is 1. The number of thiophene rings is 1. The Hall–Kier alpha value is -2.79. The highest BCUT2D eigenvalue weighted by atomic mass is 32.1. The van der Waals surface area contributed by atoms with Crippen molar-refractivity contribution in [1.29, 1.82) is 0 Å². The third-order valence-corrected chi connectivity index (χ3v) is 5.36. The van der Waals surface area contributed by atoms with Crippen LogP contribution in [0.1, 0.15) is 32.3 Å². The Morgan fingerprint density at radius 2 is 2.00 bits per heavy atom. The summed E-state index contributed by atoms with van der Waals surface area (Å²) in [5, 5.41) is 2.82. The number of hydrogen-bond donors (Lipinski definition) is 1. The number of nitrogens with zero attached hydrogens (tertiary/aromatic N) is 2. The molecule has 3 heterocycles. The van der Waals surface area contributed by atoms with Gasteiger partial charge in [-0.2, -0.15) is 0 Å². The van der Waals surface area contributed by atoms with Crippen LogP contribution in [0.2, 0.25) is 0 Å². The molecular weight excluding hydrogens is 330 g/mol. The number of nitrogens with one attached hydrogen (secondary N) is 1. The Balaban J connectivity index is 1.67. The minimum Gasteiger partial charge on any atom is -0.306 e. The number of anilines is 1. The van der Waals surface area contributed by atoms with Crippen molar-refractivity contribution in [3.05, 3.63) is 74.9 Å². The van der Waals surface area contributed by atoms with E-state index in [0.29, 0.717) is 17.2 Å². The van der Waals surface area contributed by atoms with Gasteiger partial charge in [0.15, 0.2) is 0 Å². The van der Waals surface area contributed by atoms with E-state index < -0.39 is 0 Å². The van der Waals surface area contributed by atoms with Crippen LogP contribution in [0.4, 0.5) is 5.82 Å². The van der Waals surface area contributed by atoms with Gasteiger partial charge in [-0.1, -0.05) is 30.3 Å². The molecule has 0 unspecified atom stereocenters. The van der Waals surface area contributed by atoms with Gasteiger partial charge in [0.25, 0.3) is 5.91 Å². The Bertz CT molecular complexity index is 989. The van der Waals surface area contributed by atoms with Crippen molar-refractivity contribution in [2.24, 2.45) is 0 Å². The zero-order valence-corrected chi connectivity index (χ0v) is 14.9. The number of carbonyl (C=O) groups is 1. The molecule has 1 aliphatic heterocycles. The summed E-state index contributed by atoms with van der Waals surface area (Å²) in [4.78, 5) is 23.2. The van der Waals surface area contributed by atoms with E-state index in [9.17, 15) is 4.79 Å². The first-order chi connectivity index (χ1) is 12.1. The molecule has 0 saturated carbocycles. The minimum absolute atomic E-state index is 0.118. The number of rotatable bonds is 3. The quantitative estimate of drug-likeness (QED) is 0.721. The zero-order chi connectivity index (χ0) is 17.4. The highest BCUT2D eigenvalue weighted by Crippen LogP contribution is 2.34. The maximum Gasteiger partial charge on any atom is 0.257 e. The normalized spacial score (nSPS) is 14.6. The van der Waals surface area contributed by atoms with Gasteiger partial charge in [0, 0.05) is 27.9 Å². The fraction of sp³-hybridized carbons (Fsp3) is 0.150. The van der Waals surface area contributed by atoms with Crippen LogP contribution < -0.4 is 5.32 Å². The highest BCUT2D eigenvalue weighted by molar-refractivity contribution is 7.13. The van der Waals surface area contributed by atoms with E-state index in [4.69, 9.17) is 0 Å². The summed E-state index contributed by atoms with van der Waals surface area (Å²) >= 11 is 1.72.